The SMILES string of the molecule is C=C(Cl)C[SiH3]. The number of halogens is 1. The predicted octanol–water partition coefficient (Wildman–Crippen LogP) is 0.523. The van der Waals surface area contributed by atoms with Crippen LogP contribution in [-0.2, 0) is 0 Å². The van der Waals surface area contributed by atoms with Gasteiger partial charge in [0.1, 0.15) is 0 Å². The molecule has 0 N–H and O–H groups in total. The Labute approximate surface area is 40.3 Å². The molecule has 30 valence electrons. The average Bonchev–Trinajstić information content (AvgIpc) is 1.38. The smallest absolute Gasteiger partial charge is 0.00945 e. The Morgan fingerprint density at radius 1 is 2.00 bits per heavy atom. The first-order chi connectivity index (χ1) is 2.27. The first kappa shape index (κ1) is 5.25. The van der Waals surface area contributed by atoms with E-state index in [1.54, 1.807) is 0 Å². The summed E-state index contributed by atoms with van der Waals surface area (Å²) in [6.45, 7) is 3.47. The molecule has 0 heterocycles. The van der Waals surface area contributed by atoms with Gasteiger partial charge in [0, 0.05) is 15.3 Å². The van der Waals surface area contributed by atoms with Gasteiger partial charge in [0.05, 0.1) is 0 Å². The van der Waals surface area contributed by atoms with Crippen LogP contribution in [0.15, 0.2) is 11.6 Å². The molecule has 5 heavy (non-hydrogen) atoms. The molecular formula is C3H7ClSi. The van der Waals surface area contributed by atoms with Crippen LogP contribution in [0.4, 0.5) is 0 Å². The van der Waals surface area contributed by atoms with Crippen LogP contribution in [0.2, 0.25) is 6.04 Å². The van der Waals surface area contributed by atoms with Crippen LogP contribution < -0.4 is 0 Å². The molecule has 0 aliphatic carbocycles. The zero-order chi connectivity index (χ0) is 4.28. The van der Waals surface area contributed by atoms with Gasteiger partial charge >= 0.3 is 0 Å². The summed E-state index contributed by atoms with van der Waals surface area (Å²) < 4.78 is 0. The van der Waals surface area contributed by atoms with E-state index in [0.29, 0.717) is 0 Å². The van der Waals surface area contributed by atoms with Gasteiger partial charge in [-0.25, -0.2) is 0 Å². The lowest BCUT2D eigenvalue weighted by Crippen LogP contribution is -1.59. The van der Waals surface area contributed by atoms with E-state index in [4.69, 9.17) is 11.6 Å². The molecule has 0 radical (unpaired) electrons. The summed E-state index contributed by atoms with van der Waals surface area (Å²) >= 11 is 5.30. The highest BCUT2D eigenvalue weighted by atomic mass is 35.5. The van der Waals surface area contributed by atoms with Crippen LogP contribution in [0.5, 0.6) is 0 Å². The molecule has 0 saturated heterocycles. The predicted molar refractivity (Wildman–Crippen MR) is 29.7 cm³/mol. The highest BCUT2D eigenvalue weighted by Crippen LogP contribution is 1.97. The molecule has 0 rings (SSSR count). The van der Waals surface area contributed by atoms with Crippen molar-refractivity contribution in [3.05, 3.63) is 11.6 Å². The molecule has 0 spiro atoms. The molecule has 0 aliphatic rings. The first-order valence-electron chi connectivity index (χ1n) is 1.60. The van der Waals surface area contributed by atoms with Gasteiger partial charge in [0.25, 0.3) is 0 Å². The second-order valence-corrected chi connectivity index (χ2v) is 2.11. The molecular weight excluding hydrogens is 99.6 g/mol. The Balaban J connectivity index is 2.85. The second-order valence-electron chi connectivity index (χ2n) is 0.871. The van der Waals surface area contributed by atoms with Crippen LogP contribution in [0.1, 0.15) is 0 Å². The summed E-state index contributed by atoms with van der Waals surface area (Å²) in [5.41, 5.74) is 0. The maximum atomic E-state index is 5.30. The lowest BCUT2D eigenvalue weighted by molar-refractivity contribution is 1.69. The van der Waals surface area contributed by atoms with Crippen LogP contribution in [0, 0.1) is 0 Å². The lowest BCUT2D eigenvalue weighted by atomic mass is 10.7. The molecule has 0 aliphatic heterocycles. The van der Waals surface area contributed by atoms with Gasteiger partial charge in [-0.15, -0.1) is 0 Å². The minimum Gasteiger partial charge on any atom is -0.0902 e. The summed E-state index contributed by atoms with van der Waals surface area (Å²) in [7, 11) is 1.14. The lowest BCUT2D eigenvalue weighted by Gasteiger charge is -1.75. The van der Waals surface area contributed by atoms with E-state index in [9.17, 15) is 0 Å². The molecule has 0 nitrogen and oxygen atoms in total. The van der Waals surface area contributed by atoms with Crippen molar-refractivity contribution in [2.45, 2.75) is 6.04 Å². The van der Waals surface area contributed by atoms with Gasteiger partial charge in [-0.3, -0.25) is 0 Å². The van der Waals surface area contributed by atoms with Crippen LogP contribution >= 0.6 is 11.6 Å². The zero-order valence-electron chi connectivity index (χ0n) is 3.29. The Hall–Kier alpha value is 0.247. The Morgan fingerprint density at radius 2 is 2.20 bits per heavy atom. The normalized spacial score (nSPS) is 8.20. The van der Waals surface area contributed by atoms with E-state index in [1.165, 1.54) is 0 Å². The molecule has 0 fully saturated rings. The summed E-state index contributed by atoms with van der Waals surface area (Å²) in [4.78, 5) is 0. The van der Waals surface area contributed by atoms with Crippen molar-refractivity contribution in [3.63, 3.8) is 0 Å². The number of rotatable bonds is 1. The molecule has 0 bridgehead atoms. The zero-order valence-corrected chi connectivity index (χ0v) is 6.05. The molecule has 0 unspecified atom stereocenters. The average molecular weight is 107 g/mol. The monoisotopic (exact) mass is 106 g/mol. The highest BCUT2D eigenvalue weighted by molar-refractivity contribution is 6.33. The third-order valence-corrected chi connectivity index (χ3v) is 1.95. The van der Waals surface area contributed by atoms with Gasteiger partial charge in [0.15, 0.2) is 0 Å². The third kappa shape index (κ3) is 4.25. The fourth-order valence-corrected chi connectivity index (χ4v) is 0. The maximum absolute atomic E-state index is 5.30. The van der Waals surface area contributed by atoms with E-state index < -0.39 is 0 Å². The summed E-state index contributed by atoms with van der Waals surface area (Å²) in [5.74, 6) is 0. The van der Waals surface area contributed by atoms with E-state index in [-0.39, 0.29) is 0 Å². The second kappa shape index (κ2) is 2.48. The van der Waals surface area contributed by atoms with E-state index >= 15 is 0 Å². The van der Waals surface area contributed by atoms with Crippen molar-refractivity contribution < 1.29 is 0 Å². The quantitative estimate of drug-likeness (QED) is 0.428. The Morgan fingerprint density at radius 3 is 2.20 bits per heavy atom. The van der Waals surface area contributed by atoms with Gasteiger partial charge in [-0.2, -0.15) is 0 Å². The number of hydrogen-bond donors (Lipinski definition) is 0. The van der Waals surface area contributed by atoms with E-state index in [0.717, 1.165) is 21.3 Å². The maximum Gasteiger partial charge on any atom is 0.00945 e. The Bertz CT molecular complexity index is 42.2. The van der Waals surface area contributed by atoms with Crippen LogP contribution in [0.25, 0.3) is 0 Å². The van der Waals surface area contributed by atoms with Gasteiger partial charge < -0.3 is 0 Å². The van der Waals surface area contributed by atoms with E-state index in [2.05, 4.69) is 6.58 Å². The van der Waals surface area contributed by atoms with Crippen molar-refractivity contribution >= 4 is 21.8 Å². The van der Waals surface area contributed by atoms with Crippen LogP contribution in [0.3, 0.4) is 0 Å². The van der Waals surface area contributed by atoms with Crippen molar-refractivity contribution in [2.24, 2.45) is 0 Å². The van der Waals surface area contributed by atoms with Gasteiger partial charge in [0.2, 0.25) is 0 Å². The molecule has 0 amide bonds. The fourth-order valence-electron chi connectivity index (χ4n) is 0. The standard InChI is InChI=1S/C3H7ClSi/c1-3(4)2-5/h1-2H2,5H3. The summed E-state index contributed by atoms with van der Waals surface area (Å²) in [6.07, 6.45) is 0. The molecule has 0 atom stereocenters. The fraction of sp³-hybridized carbons (Fsp3) is 0.333. The molecule has 0 aromatic carbocycles. The minimum atomic E-state index is 0.789. The molecule has 0 saturated carbocycles. The molecule has 0 aromatic rings. The van der Waals surface area contributed by atoms with Gasteiger partial charge in [-0.05, 0) is 6.04 Å². The third-order valence-electron chi connectivity index (χ3n) is 0.384. The summed E-state index contributed by atoms with van der Waals surface area (Å²) in [5, 5.41) is 0.789. The van der Waals surface area contributed by atoms with Gasteiger partial charge in [-0.1, -0.05) is 18.2 Å². The van der Waals surface area contributed by atoms with Crippen LogP contribution in [-0.4, -0.2) is 10.2 Å². The highest BCUT2D eigenvalue weighted by Gasteiger charge is 1.71. The summed E-state index contributed by atoms with van der Waals surface area (Å²) in [6, 6.07) is 1.02. The molecule has 0 aromatic heterocycles. The largest absolute Gasteiger partial charge is 0.0902 e. The topological polar surface area (TPSA) is 0 Å². The Kier molecular flexibility index (Phi) is 2.60. The van der Waals surface area contributed by atoms with Crippen molar-refractivity contribution in [1.82, 2.24) is 0 Å². The molecule has 2 heteroatoms. The van der Waals surface area contributed by atoms with Crippen molar-refractivity contribution in [3.8, 4) is 0 Å². The van der Waals surface area contributed by atoms with E-state index in [1.807, 2.05) is 0 Å². The van der Waals surface area contributed by atoms with Crippen molar-refractivity contribution in [2.75, 3.05) is 0 Å². The number of allylic oxidation sites excluding steroid dienone is 1. The van der Waals surface area contributed by atoms with Crippen molar-refractivity contribution in [1.29, 1.82) is 0 Å². The minimum absolute atomic E-state index is 0.789. The number of hydrogen-bond acceptors (Lipinski definition) is 0. The first-order valence-corrected chi connectivity index (χ1v) is 3.40.